The normalized spacial score (nSPS) is 10.2. The minimum absolute atomic E-state index is 0.0220. The van der Waals surface area contributed by atoms with Crippen LogP contribution in [0.1, 0.15) is 5.56 Å². The van der Waals surface area contributed by atoms with Gasteiger partial charge in [0.25, 0.3) is 5.69 Å². The van der Waals surface area contributed by atoms with Crippen LogP contribution < -0.4 is 15.4 Å². The summed E-state index contributed by atoms with van der Waals surface area (Å²) < 4.78 is 5.10. The zero-order chi connectivity index (χ0) is 20.8. The molecule has 2 N–H and O–H groups in total. The fourth-order valence-corrected chi connectivity index (χ4v) is 2.54. The molecule has 0 aliphatic rings. The topological polar surface area (TPSA) is 145 Å². The summed E-state index contributed by atoms with van der Waals surface area (Å²) in [6.07, 6.45) is 1.17. The third-order valence-corrected chi connectivity index (χ3v) is 3.94. The number of non-ortho nitro benzene ring substituents is 1. The zero-order valence-corrected chi connectivity index (χ0v) is 15.2. The molecule has 2 aromatic carbocycles. The van der Waals surface area contributed by atoms with Gasteiger partial charge >= 0.3 is 5.69 Å². The number of hydrogen-bond acceptors (Lipinski definition) is 9. The number of nitrogens with zero attached hydrogens (tertiary/aromatic N) is 4. The Morgan fingerprint density at radius 1 is 1.00 bits per heavy atom. The maximum Gasteiger partial charge on any atom is 0.353 e. The Morgan fingerprint density at radius 3 is 2.38 bits per heavy atom. The highest BCUT2D eigenvalue weighted by molar-refractivity contribution is 5.74. The van der Waals surface area contributed by atoms with E-state index in [-0.39, 0.29) is 29.6 Å². The molecular weight excluding hydrogens is 380 g/mol. The zero-order valence-electron chi connectivity index (χ0n) is 15.2. The maximum atomic E-state index is 11.6. The van der Waals surface area contributed by atoms with Crippen LogP contribution >= 0.6 is 0 Å². The molecule has 11 nitrogen and oxygen atoms in total. The number of ether oxygens (including phenoxy) is 1. The van der Waals surface area contributed by atoms with Gasteiger partial charge in [-0.2, -0.15) is 0 Å². The highest BCUT2D eigenvalue weighted by Gasteiger charge is 2.23. The monoisotopic (exact) mass is 396 g/mol. The molecule has 3 aromatic rings. The number of nitrogens with one attached hydrogen (secondary N) is 2. The van der Waals surface area contributed by atoms with Gasteiger partial charge in [0.2, 0.25) is 11.6 Å². The summed E-state index contributed by atoms with van der Waals surface area (Å²) in [6.45, 7) is 0.290. The van der Waals surface area contributed by atoms with Crippen molar-refractivity contribution in [2.75, 3.05) is 17.7 Å². The molecule has 0 fully saturated rings. The molecule has 0 saturated carbocycles. The van der Waals surface area contributed by atoms with E-state index in [1.165, 1.54) is 24.5 Å². The van der Waals surface area contributed by atoms with Gasteiger partial charge in [0.1, 0.15) is 12.1 Å². The van der Waals surface area contributed by atoms with Crippen LogP contribution in [-0.4, -0.2) is 26.9 Å². The molecule has 0 unspecified atom stereocenters. The van der Waals surface area contributed by atoms with Gasteiger partial charge in [-0.1, -0.05) is 18.2 Å². The van der Waals surface area contributed by atoms with Gasteiger partial charge in [-0.15, -0.1) is 0 Å². The van der Waals surface area contributed by atoms with Crippen molar-refractivity contribution in [3.63, 3.8) is 0 Å². The first-order chi connectivity index (χ1) is 14.0. The Bertz CT molecular complexity index is 1040. The standard InChI is InChI=1S/C18H16N6O5/c1-29-15-7-5-12(6-8-15)10-19-17-16(24(27)28)18(21-11-20-17)22-13-3-2-4-14(9-13)23(25)26/h2-9,11H,10H2,1H3,(H2,19,20,21,22). The molecule has 0 aliphatic heterocycles. The fourth-order valence-electron chi connectivity index (χ4n) is 2.54. The molecule has 3 rings (SSSR count). The fraction of sp³-hybridized carbons (Fsp3) is 0.111. The molecule has 0 saturated heterocycles. The van der Waals surface area contributed by atoms with Crippen LogP contribution in [0.4, 0.5) is 28.7 Å². The second-order valence-electron chi connectivity index (χ2n) is 5.81. The molecule has 11 heteroatoms. The van der Waals surface area contributed by atoms with E-state index in [2.05, 4.69) is 20.6 Å². The first-order valence-electron chi connectivity index (χ1n) is 8.35. The highest BCUT2D eigenvalue weighted by atomic mass is 16.6. The molecule has 0 atom stereocenters. The summed E-state index contributed by atoms with van der Waals surface area (Å²) >= 11 is 0. The van der Waals surface area contributed by atoms with Crippen molar-refractivity contribution in [1.29, 1.82) is 0 Å². The number of nitro groups is 2. The van der Waals surface area contributed by atoms with Crippen molar-refractivity contribution in [1.82, 2.24) is 9.97 Å². The average molecular weight is 396 g/mol. The second kappa shape index (κ2) is 8.61. The molecule has 148 valence electrons. The van der Waals surface area contributed by atoms with E-state index >= 15 is 0 Å². The van der Waals surface area contributed by atoms with Crippen LogP contribution in [-0.2, 0) is 6.54 Å². The van der Waals surface area contributed by atoms with Crippen molar-refractivity contribution in [3.05, 3.63) is 80.7 Å². The van der Waals surface area contributed by atoms with Crippen molar-refractivity contribution in [3.8, 4) is 5.75 Å². The summed E-state index contributed by atoms with van der Waals surface area (Å²) in [5, 5.41) is 28.2. The number of hydrogen-bond donors (Lipinski definition) is 2. The summed E-state index contributed by atoms with van der Waals surface area (Å²) in [4.78, 5) is 29.3. The van der Waals surface area contributed by atoms with Gasteiger partial charge in [0.15, 0.2) is 0 Å². The smallest absolute Gasteiger partial charge is 0.353 e. The van der Waals surface area contributed by atoms with Crippen molar-refractivity contribution in [2.24, 2.45) is 0 Å². The lowest BCUT2D eigenvalue weighted by molar-refractivity contribution is -0.384. The molecule has 0 aliphatic carbocycles. The molecule has 0 radical (unpaired) electrons. The number of benzene rings is 2. The number of nitro benzene ring substituents is 1. The molecule has 29 heavy (non-hydrogen) atoms. The third kappa shape index (κ3) is 4.71. The molecule has 0 bridgehead atoms. The minimum atomic E-state index is -0.615. The maximum absolute atomic E-state index is 11.6. The van der Waals surface area contributed by atoms with E-state index in [0.717, 1.165) is 5.56 Å². The largest absolute Gasteiger partial charge is 0.497 e. The van der Waals surface area contributed by atoms with E-state index in [1.807, 2.05) is 12.1 Å². The van der Waals surface area contributed by atoms with Crippen LogP contribution in [0, 0.1) is 20.2 Å². The molecule has 1 aromatic heterocycles. The van der Waals surface area contributed by atoms with E-state index in [9.17, 15) is 20.2 Å². The van der Waals surface area contributed by atoms with Crippen molar-refractivity contribution in [2.45, 2.75) is 6.54 Å². The van der Waals surface area contributed by atoms with Crippen LogP contribution in [0.2, 0.25) is 0 Å². The molecular formula is C18H16N6O5. The van der Waals surface area contributed by atoms with Gasteiger partial charge < -0.3 is 15.4 Å². The molecule has 0 spiro atoms. The predicted octanol–water partition coefficient (Wildman–Crippen LogP) is 3.66. The average Bonchev–Trinajstić information content (AvgIpc) is 2.72. The number of methoxy groups -OCH3 is 1. The van der Waals surface area contributed by atoms with Crippen LogP contribution in [0.25, 0.3) is 0 Å². The van der Waals surface area contributed by atoms with Gasteiger partial charge in [-0.25, -0.2) is 9.97 Å². The van der Waals surface area contributed by atoms with E-state index in [1.54, 1.807) is 25.3 Å². The Hall–Kier alpha value is -4.28. The Balaban J connectivity index is 1.84. The Morgan fingerprint density at radius 2 is 1.72 bits per heavy atom. The lowest BCUT2D eigenvalue weighted by atomic mass is 10.2. The van der Waals surface area contributed by atoms with E-state index in [4.69, 9.17) is 4.74 Å². The Labute approximate surface area is 164 Å². The van der Waals surface area contributed by atoms with Gasteiger partial charge in [0, 0.05) is 24.4 Å². The number of anilines is 3. The molecule has 0 amide bonds. The van der Waals surface area contributed by atoms with Gasteiger partial charge in [0.05, 0.1) is 17.0 Å². The lowest BCUT2D eigenvalue weighted by Gasteiger charge is -2.10. The summed E-state index contributed by atoms with van der Waals surface area (Å²) in [6, 6.07) is 12.8. The predicted molar refractivity (Wildman–Crippen MR) is 105 cm³/mol. The second-order valence-corrected chi connectivity index (χ2v) is 5.81. The summed E-state index contributed by atoms with van der Waals surface area (Å²) in [5.74, 6) is 0.640. The Kier molecular flexibility index (Phi) is 5.78. The van der Waals surface area contributed by atoms with Crippen molar-refractivity contribution >= 4 is 28.7 Å². The van der Waals surface area contributed by atoms with E-state index < -0.39 is 9.85 Å². The highest BCUT2D eigenvalue weighted by Crippen LogP contribution is 2.32. The van der Waals surface area contributed by atoms with Crippen molar-refractivity contribution < 1.29 is 14.6 Å². The third-order valence-electron chi connectivity index (χ3n) is 3.94. The molecule has 1 heterocycles. The first-order valence-corrected chi connectivity index (χ1v) is 8.35. The SMILES string of the molecule is COc1ccc(CNc2ncnc(Nc3cccc([N+](=O)[O-])c3)c2[N+](=O)[O-])cc1. The van der Waals surface area contributed by atoms with Gasteiger partial charge in [-0.05, 0) is 23.8 Å². The lowest BCUT2D eigenvalue weighted by Crippen LogP contribution is -2.08. The minimum Gasteiger partial charge on any atom is -0.497 e. The number of aromatic nitrogens is 2. The summed E-state index contributed by atoms with van der Waals surface area (Å²) in [5.41, 5.74) is 0.645. The number of rotatable bonds is 8. The van der Waals surface area contributed by atoms with Crippen LogP contribution in [0.15, 0.2) is 54.9 Å². The van der Waals surface area contributed by atoms with Crippen LogP contribution in [0.3, 0.4) is 0 Å². The summed E-state index contributed by atoms with van der Waals surface area (Å²) in [7, 11) is 1.56. The van der Waals surface area contributed by atoms with Crippen LogP contribution in [0.5, 0.6) is 5.75 Å². The quantitative estimate of drug-likeness (QED) is 0.430. The first kappa shape index (κ1) is 19.5. The van der Waals surface area contributed by atoms with E-state index in [0.29, 0.717) is 11.4 Å². The van der Waals surface area contributed by atoms with Gasteiger partial charge in [-0.3, -0.25) is 20.2 Å².